The van der Waals surface area contributed by atoms with E-state index >= 15 is 0 Å². The van der Waals surface area contributed by atoms with Crippen molar-refractivity contribution in [2.24, 2.45) is 0 Å². The molecule has 126 valence electrons. The molecular weight excluding hydrogens is 377 g/mol. The molecule has 24 heavy (non-hydrogen) atoms. The van der Waals surface area contributed by atoms with Crippen LogP contribution in [0.25, 0.3) is 0 Å². The minimum Gasteiger partial charge on any atom is -0.482 e. The summed E-state index contributed by atoms with van der Waals surface area (Å²) in [5, 5.41) is 3.59. The fourth-order valence-electron chi connectivity index (χ4n) is 1.78. The Morgan fingerprint density at radius 3 is 2.46 bits per heavy atom. The summed E-state index contributed by atoms with van der Waals surface area (Å²) in [6, 6.07) is 9.06. The van der Waals surface area contributed by atoms with E-state index in [1.165, 1.54) is 31.4 Å². The van der Waals surface area contributed by atoms with Crippen LogP contribution < -0.4 is 10.1 Å². The molecular formula is C16H12Cl3NO4. The molecule has 5 nitrogen and oxygen atoms in total. The molecule has 0 spiro atoms. The molecule has 2 aromatic rings. The van der Waals surface area contributed by atoms with Crippen LogP contribution in [0.2, 0.25) is 15.1 Å². The predicted octanol–water partition coefficient (Wildman–Crippen LogP) is 4.45. The number of amides is 1. The molecule has 2 rings (SSSR count). The number of anilines is 1. The van der Waals surface area contributed by atoms with E-state index in [0.717, 1.165) is 0 Å². The van der Waals surface area contributed by atoms with Crippen molar-refractivity contribution in [3.8, 4) is 5.75 Å². The number of methoxy groups -OCH3 is 1. The zero-order valence-electron chi connectivity index (χ0n) is 12.4. The topological polar surface area (TPSA) is 64.6 Å². The van der Waals surface area contributed by atoms with Gasteiger partial charge >= 0.3 is 5.97 Å². The first-order valence-corrected chi connectivity index (χ1v) is 7.79. The number of nitrogens with one attached hydrogen (secondary N) is 1. The third kappa shape index (κ3) is 4.77. The Morgan fingerprint density at radius 1 is 1.04 bits per heavy atom. The number of benzene rings is 2. The highest BCUT2D eigenvalue weighted by Crippen LogP contribution is 2.28. The molecule has 0 aromatic heterocycles. The quantitative estimate of drug-likeness (QED) is 0.769. The van der Waals surface area contributed by atoms with Crippen LogP contribution in [0, 0.1) is 0 Å². The number of hydrogen-bond acceptors (Lipinski definition) is 4. The highest BCUT2D eigenvalue weighted by Gasteiger charge is 2.12. The van der Waals surface area contributed by atoms with Crippen molar-refractivity contribution in [1.29, 1.82) is 0 Å². The van der Waals surface area contributed by atoms with Gasteiger partial charge in [0.25, 0.3) is 5.91 Å². The fourth-order valence-corrected chi connectivity index (χ4v) is 2.28. The lowest BCUT2D eigenvalue weighted by Crippen LogP contribution is -2.20. The van der Waals surface area contributed by atoms with Crippen LogP contribution in [0.5, 0.6) is 5.75 Å². The normalized spacial score (nSPS) is 10.2. The number of carbonyl (C=O) groups is 2. The maximum atomic E-state index is 12.0. The highest BCUT2D eigenvalue weighted by atomic mass is 35.5. The first-order chi connectivity index (χ1) is 11.4. The lowest BCUT2D eigenvalue weighted by Gasteiger charge is -2.11. The Morgan fingerprint density at radius 2 is 1.75 bits per heavy atom. The average molecular weight is 389 g/mol. The van der Waals surface area contributed by atoms with Crippen molar-refractivity contribution in [2.45, 2.75) is 0 Å². The number of hydrogen-bond donors (Lipinski definition) is 1. The third-order valence-electron chi connectivity index (χ3n) is 2.91. The first-order valence-electron chi connectivity index (χ1n) is 6.66. The molecule has 0 radical (unpaired) electrons. The third-order valence-corrected chi connectivity index (χ3v) is 3.79. The number of halogens is 3. The summed E-state index contributed by atoms with van der Waals surface area (Å²) < 4.78 is 9.95. The summed E-state index contributed by atoms with van der Waals surface area (Å²) in [6.45, 7) is -0.307. The van der Waals surface area contributed by atoms with Gasteiger partial charge in [0.2, 0.25) is 0 Å². The largest absolute Gasteiger partial charge is 0.482 e. The van der Waals surface area contributed by atoms with Gasteiger partial charge in [-0.3, -0.25) is 4.79 Å². The molecule has 0 saturated heterocycles. The van der Waals surface area contributed by atoms with E-state index in [0.29, 0.717) is 10.0 Å². The lowest BCUT2D eigenvalue weighted by atomic mass is 10.2. The van der Waals surface area contributed by atoms with Crippen LogP contribution in [0.3, 0.4) is 0 Å². The van der Waals surface area contributed by atoms with E-state index in [4.69, 9.17) is 39.5 Å². The van der Waals surface area contributed by atoms with Crippen LogP contribution in [-0.4, -0.2) is 25.6 Å². The van der Waals surface area contributed by atoms with Crippen molar-refractivity contribution >= 4 is 52.4 Å². The summed E-state index contributed by atoms with van der Waals surface area (Å²) in [5.74, 6) is -0.729. The van der Waals surface area contributed by atoms with Crippen molar-refractivity contribution in [3.05, 3.63) is 57.0 Å². The fraction of sp³-hybridized carbons (Fsp3) is 0.125. The standard InChI is InChI=1S/C16H12Cl3NO4/c1-23-16(22)9-2-4-11(18)13(6-9)20-15(21)8-24-14-7-10(17)3-5-12(14)19/h2-7H,8H2,1H3,(H,20,21). The molecule has 0 unspecified atom stereocenters. The summed E-state index contributed by atoms with van der Waals surface area (Å²) in [5.41, 5.74) is 0.529. The second-order valence-electron chi connectivity index (χ2n) is 4.60. The number of ether oxygens (including phenoxy) is 2. The summed E-state index contributed by atoms with van der Waals surface area (Å²) >= 11 is 17.8. The average Bonchev–Trinajstić information content (AvgIpc) is 2.57. The van der Waals surface area contributed by atoms with Crippen LogP contribution in [0.15, 0.2) is 36.4 Å². The van der Waals surface area contributed by atoms with E-state index in [-0.39, 0.29) is 28.6 Å². The molecule has 2 aromatic carbocycles. The second-order valence-corrected chi connectivity index (χ2v) is 5.85. The van der Waals surface area contributed by atoms with Crippen molar-refractivity contribution in [1.82, 2.24) is 0 Å². The summed E-state index contributed by atoms with van der Waals surface area (Å²) in [7, 11) is 1.26. The summed E-state index contributed by atoms with van der Waals surface area (Å²) in [4.78, 5) is 23.5. The zero-order valence-corrected chi connectivity index (χ0v) is 14.7. The molecule has 0 atom stereocenters. The Kier molecular flexibility index (Phi) is 6.31. The second kappa shape index (κ2) is 8.24. The van der Waals surface area contributed by atoms with Gasteiger partial charge in [0.15, 0.2) is 6.61 Å². The van der Waals surface area contributed by atoms with Crippen molar-refractivity contribution in [2.75, 3.05) is 19.0 Å². The molecule has 0 aliphatic carbocycles. The molecule has 0 aliphatic rings. The van der Waals surface area contributed by atoms with Gasteiger partial charge in [-0.15, -0.1) is 0 Å². The SMILES string of the molecule is COC(=O)c1ccc(Cl)c(NC(=O)COc2cc(Cl)ccc2Cl)c1. The predicted molar refractivity (Wildman–Crippen MR) is 93.4 cm³/mol. The van der Waals surface area contributed by atoms with Gasteiger partial charge in [0.05, 0.1) is 28.4 Å². The minimum atomic E-state index is -0.538. The molecule has 0 fully saturated rings. The van der Waals surface area contributed by atoms with Crippen LogP contribution >= 0.6 is 34.8 Å². The van der Waals surface area contributed by atoms with E-state index in [9.17, 15) is 9.59 Å². The first kappa shape index (κ1) is 18.4. The highest BCUT2D eigenvalue weighted by molar-refractivity contribution is 6.34. The molecule has 0 bridgehead atoms. The zero-order chi connectivity index (χ0) is 17.7. The lowest BCUT2D eigenvalue weighted by molar-refractivity contribution is -0.118. The van der Waals surface area contributed by atoms with E-state index in [1.54, 1.807) is 12.1 Å². The maximum absolute atomic E-state index is 12.0. The molecule has 0 aliphatic heterocycles. The van der Waals surface area contributed by atoms with E-state index in [1.807, 2.05) is 0 Å². The smallest absolute Gasteiger partial charge is 0.337 e. The van der Waals surface area contributed by atoms with Crippen LogP contribution in [0.4, 0.5) is 5.69 Å². The Bertz CT molecular complexity index is 780. The molecule has 0 saturated carbocycles. The molecule has 1 N–H and O–H groups in total. The van der Waals surface area contributed by atoms with E-state index < -0.39 is 11.9 Å². The van der Waals surface area contributed by atoms with Crippen molar-refractivity contribution < 1.29 is 19.1 Å². The molecule has 8 heteroatoms. The van der Waals surface area contributed by atoms with Crippen molar-refractivity contribution in [3.63, 3.8) is 0 Å². The monoisotopic (exact) mass is 387 g/mol. The van der Waals surface area contributed by atoms with E-state index in [2.05, 4.69) is 10.1 Å². The molecule has 0 heterocycles. The van der Waals surface area contributed by atoms with Crippen LogP contribution in [0.1, 0.15) is 10.4 Å². The number of carbonyl (C=O) groups excluding carboxylic acids is 2. The van der Waals surface area contributed by atoms with Gasteiger partial charge in [-0.05, 0) is 30.3 Å². The minimum absolute atomic E-state index is 0.260. The van der Waals surface area contributed by atoms with Gasteiger partial charge in [0.1, 0.15) is 5.75 Å². The van der Waals surface area contributed by atoms with Gasteiger partial charge in [0, 0.05) is 11.1 Å². The Labute approximate surface area is 153 Å². The van der Waals surface area contributed by atoms with Crippen LogP contribution in [-0.2, 0) is 9.53 Å². The molecule has 1 amide bonds. The number of rotatable bonds is 5. The van der Waals surface area contributed by atoms with Gasteiger partial charge in [-0.2, -0.15) is 0 Å². The number of esters is 1. The summed E-state index contributed by atoms with van der Waals surface area (Å²) in [6.07, 6.45) is 0. The van der Waals surface area contributed by atoms with Gasteiger partial charge in [-0.1, -0.05) is 34.8 Å². The Balaban J connectivity index is 2.04. The Hall–Kier alpha value is -1.95. The van der Waals surface area contributed by atoms with Gasteiger partial charge in [-0.25, -0.2) is 4.79 Å². The van der Waals surface area contributed by atoms with Gasteiger partial charge < -0.3 is 14.8 Å². The maximum Gasteiger partial charge on any atom is 0.337 e.